The maximum atomic E-state index is 5.45. The molecule has 0 saturated carbocycles. The SMILES string of the molecule is CCc1cc2cccc(C(C)C)c2c(OC)n1. The van der Waals surface area contributed by atoms with Crippen molar-refractivity contribution in [2.45, 2.75) is 33.1 Å². The third kappa shape index (κ3) is 2.12. The molecule has 0 spiro atoms. The second kappa shape index (κ2) is 4.74. The second-order valence-electron chi connectivity index (χ2n) is 4.58. The van der Waals surface area contributed by atoms with Crippen molar-refractivity contribution in [3.05, 3.63) is 35.5 Å². The Morgan fingerprint density at radius 3 is 2.65 bits per heavy atom. The van der Waals surface area contributed by atoms with E-state index in [-0.39, 0.29) is 0 Å². The fraction of sp³-hybridized carbons (Fsp3) is 0.400. The quantitative estimate of drug-likeness (QED) is 0.795. The lowest BCUT2D eigenvalue weighted by Crippen LogP contribution is -1.98. The molecule has 2 nitrogen and oxygen atoms in total. The van der Waals surface area contributed by atoms with E-state index in [0.717, 1.165) is 23.4 Å². The lowest BCUT2D eigenvalue weighted by molar-refractivity contribution is 0.401. The molecule has 0 aliphatic heterocycles. The van der Waals surface area contributed by atoms with Crippen LogP contribution in [0.25, 0.3) is 10.8 Å². The van der Waals surface area contributed by atoms with Crippen molar-refractivity contribution in [3.8, 4) is 5.88 Å². The first-order valence-electron chi connectivity index (χ1n) is 6.13. The predicted octanol–water partition coefficient (Wildman–Crippen LogP) is 3.93. The lowest BCUT2D eigenvalue weighted by Gasteiger charge is -2.13. The van der Waals surface area contributed by atoms with Gasteiger partial charge in [-0.2, -0.15) is 0 Å². The number of ether oxygens (including phenoxy) is 1. The van der Waals surface area contributed by atoms with Crippen LogP contribution in [-0.4, -0.2) is 12.1 Å². The van der Waals surface area contributed by atoms with E-state index in [1.807, 2.05) is 0 Å². The maximum Gasteiger partial charge on any atom is 0.221 e. The van der Waals surface area contributed by atoms with Crippen LogP contribution in [0.3, 0.4) is 0 Å². The van der Waals surface area contributed by atoms with Gasteiger partial charge in [-0.3, -0.25) is 0 Å². The first-order chi connectivity index (χ1) is 8.17. The van der Waals surface area contributed by atoms with Gasteiger partial charge in [0, 0.05) is 11.1 Å². The molecule has 0 bridgehead atoms. The van der Waals surface area contributed by atoms with Gasteiger partial charge in [0.1, 0.15) is 0 Å². The van der Waals surface area contributed by atoms with Gasteiger partial charge in [-0.25, -0.2) is 4.98 Å². The summed E-state index contributed by atoms with van der Waals surface area (Å²) in [4.78, 5) is 4.56. The molecule has 0 atom stereocenters. The van der Waals surface area contributed by atoms with Crippen LogP contribution in [0, 0.1) is 0 Å². The van der Waals surface area contributed by atoms with Crippen LogP contribution in [0.15, 0.2) is 24.3 Å². The number of pyridine rings is 1. The standard InChI is InChI=1S/C15H19NO/c1-5-12-9-11-7-6-8-13(10(2)3)14(11)15(16-12)17-4/h6-10H,5H2,1-4H3. The van der Waals surface area contributed by atoms with Crippen LogP contribution in [-0.2, 0) is 6.42 Å². The number of fused-ring (bicyclic) bond motifs is 1. The summed E-state index contributed by atoms with van der Waals surface area (Å²) in [5, 5.41) is 2.38. The number of benzene rings is 1. The second-order valence-corrected chi connectivity index (χ2v) is 4.58. The Balaban J connectivity index is 2.79. The largest absolute Gasteiger partial charge is 0.481 e. The van der Waals surface area contributed by atoms with Crippen molar-refractivity contribution in [2.24, 2.45) is 0 Å². The van der Waals surface area contributed by atoms with Crippen LogP contribution >= 0.6 is 0 Å². The number of hydrogen-bond donors (Lipinski definition) is 0. The minimum absolute atomic E-state index is 0.474. The first-order valence-corrected chi connectivity index (χ1v) is 6.13. The van der Waals surface area contributed by atoms with Gasteiger partial charge < -0.3 is 4.74 Å². The van der Waals surface area contributed by atoms with Crippen molar-refractivity contribution < 1.29 is 4.74 Å². The summed E-state index contributed by atoms with van der Waals surface area (Å²) in [5.74, 6) is 1.23. The summed E-state index contributed by atoms with van der Waals surface area (Å²) in [6, 6.07) is 8.55. The monoisotopic (exact) mass is 229 g/mol. The van der Waals surface area contributed by atoms with E-state index < -0.39 is 0 Å². The summed E-state index contributed by atoms with van der Waals surface area (Å²) in [7, 11) is 1.69. The zero-order chi connectivity index (χ0) is 12.4. The smallest absolute Gasteiger partial charge is 0.221 e. The molecule has 2 aromatic rings. The van der Waals surface area contributed by atoms with Gasteiger partial charge in [0.05, 0.1) is 7.11 Å². The molecular formula is C15H19NO. The van der Waals surface area contributed by atoms with Crippen molar-refractivity contribution in [1.29, 1.82) is 0 Å². The summed E-state index contributed by atoms with van der Waals surface area (Å²) in [6.07, 6.45) is 0.929. The van der Waals surface area contributed by atoms with Crippen molar-refractivity contribution >= 4 is 10.8 Å². The van der Waals surface area contributed by atoms with Gasteiger partial charge in [-0.1, -0.05) is 39.0 Å². The number of rotatable bonds is 3. The van der Waals surface area contributed by atoms with E-state index in [9.17, 15) is 0 Å². The molecule has 1 aromatic carbocycles. The Hall–Kier alpha value is -1.57. The van der Waals surface area contributed by atoms with Gasteiger partial charge in [-0.15, -0.1) is 0 Å². The van der Waals surface area contributed by atoms with Crippen molar-refractivity contribution in [1.82, 2.24) is 4.98 Å². The average molecular weight is 229 g/mol. The normalized spacial score (nSPS) is 11.1. The first kappa shape index (κ1) is 11.9. The molecule has 1 heterocycles. The van der Waals surface area contributed by atoms with Gasteiger partial charge >= 0.3 is 0 Å². The zero-order valence-electron chi connectivity index (χ0n) is 10.9. The number of hydrogen-bond acceptors (Lipinski definition) is 2. The van der Waals surface area contributed by atoms with Crippen molar-refractivity contribution in [3.63, 3.8) is 0 Å². The van der Waals surface area contributed by atoms with E-state index in [0.29, 0.717) is 5.92 Å². The Labute approximate surface area is 103 Å². The minimum Gasteiger partial charge on any atom is -0.481 e. The average Bonchev–Trinajstić information content (AvgIpc) is 2.36. The summed E-state index contributed by atoms with van der Waals surface area (Å²) >= 11 is 0. The topological polar surface area (TPSA) is 22.1 Å². The van der Waals surface area contributed by atoms with Gasteiger partial charge in [-0.05, 0) is 29.4 Å². The van der Waals surface area contributed by atoms with Crippen LogP contribution in [0.5, 0.6) is 5.88 Å². The molecule has 0 aliphatic rings. The Morgan fingerprint density at radius 1 is 1.29 bits per heavy atom. The Bertz CT molecular complexity index is 532. The molecule has 0 N–H and O–H groups in total. The molecule has 17 heavy (non-hydrogen) atoms. The molecule has 1 aromatic heterocycles. The molecular weight excluding hydrogens is 210 g/mol. The highest BCUT2D eigenvalue weighted by atomic mass is 16.5. The highest BCUT2D eigenvalue weighted by Gasteiger charge is 2.12. The highest BCUT2D eigenvalue weighted by molar-refractivity contribution is 5.90. The van der Waals surface area contributed by atoms with Crippen molar-refractivity contribution in [2.75, 3.05) is 7.11 Å². The fourth-order valence-corrected chi connectivity index (χ4v) is 2.16. The van der Waals surface area contributed by atoms with Gasteiger partial charge in [0.2, 0.25) is 5.88 Å². The van der Waals surface area contributed by atoms with Crippen LogP contribution in [0.1, 0.15) is 37.9 Å². The predicted molar refractivity (Wildman–Crippen MR) is 71.8 cm³/mol. The van der Waals surface area contributed by atoms with Crippen LogP contribution in [0.4, 0.5) is 0 Å². The number of aryl methyl sites for hydroxylation is 1. The highest BCUT2D eigenvalue weighted by Crippen LogP contribution is 2.32. The molecule has 0 fully saturated rings. The summed E-state index contributed by atoms with van der Waals surface area (Å²) in [6.45, 7) is 6.50. The molecule has 2 heteroatoms. The lowest BCUT2D eigenvalue weighted by atomic mass is 9.96. The van der Waals surface area contributed by atoms with Gasteiger partial charge in [0.15, 0.2) is 0 Å². The molecule has 0 radical (unpaired) electrons. The molecule has 90 valence electrons. The van der Waals surface area contributed by atoms with E-state index in [1.54, 1.807) is 7.11 Å². The number of aromatic nitrogens is 1. The Morgan fingerprint density at radius 2 is 2.06 bits per heavy atom. The summed E-state index contributed by atoms with van der Waals surface area (Å²) < 4.78 is 5.45. The minimum atomic E-state index is 0.474. The third-order valence-corrected chi connectivity index (χ3v) is 3.09. The molecule has 0 aliphatic carbocycles. The van der Waals surface area contributed by atoms with Crippen LogP contribution in [0.2, 0.25) is 0 Å². The van der Waals surface area contributed by atoms with E-state index >= 15 is 0 Å². The van der Waals surface area contributed by atoms with Gasteiger partial charge in [0.25, 0.3) is 0 Å². The number of methoxy groups -OCH3 is 1. The maximum absolute atomic E-state index is 5.45. The summed E-state index contributed by atoms with van der Waals surface area (Å²) in [5.41, 5.74) is 2.38. The Kier molecular flexibility index (Phi) is 3.32. The molecule has 0 amide bonds. The van der Waals surface area contributed by atoms with E-state index in [2.05, 4.69) is 50.0 Å². The molecule has 2 rings (SSSR count). The zero-order valence-corrected chi connectivity index (χ0v) is 10.9. The third-order valence-electron chi connectivity index (χ3n) is 3.09. The van der Waals surface area contributed by atoms with Crippen LogP contribution < -0.4 is 4.74 Å². The van der Waals surface area contributed by atoms with E-state index in [1.165, 1.54) is 10.9 Å². The number of nitrogens with zero attached hydrogens (tertiary/aromatic N) is 1. The molecule has 0 unspecified atom stereocenters. The molecule has 0 saturated heterocycles. The van der Waals surface area contributed by atoms with E-state index in [4.69, 9.17) is 4.74 Å². The fourth-order valence-electron chi connectivity index (χ4n) is 2.16.